The van der Waals surface area contributed by atoms with Gasteiger partial charge in [-0.3, -0.25) is 9.36 Å². The van der Waals surface area contributed by atoms with Gasteiger partial charge in [-0.1, -0.05) is 0 Å². The lowest BCUT2D eigenvalue weighted by molar-refractivity contribution is 0.863. The van der Waals surface area contributed by atoms with Gasteiger partial charge < -0.3 is 4.90 Å². The Balaban J connectivity index is 2.17. The molecule has 0 atom stereocenters. The van der Waals surface area contributed by atoms with E-state index in [0.717, 1.165) is 24.4 Å². The Morgan fingerprint density at radius 1 is 1.24 bits per heavy atom. The molecule has 88 valence electrons. The number of rotatable bonds is 1. The van der Waals surface area contributed by atoms with Crippen molar-refractivity contribution in [1.29, 1.82) is 0 Å². The number of pyridine rings is 1. The van der Waals surface area contributed by atoms with Crippen LogP contribution in [0.2, 0.25) is 0 Å². The third-order valence-corrected chi connectivity index (χ3v) is 3.23. The molecule has 1 aliphatic rings. The van der Waals surface area contributed by atoms with Crippen LogP contribution < -0.4 is 10.5 Å². The monoisotopic (exact) mass is 230 g/mol. The van der Waals surface area contributed by atoms with Crippen molar-refractivity contribution in [3.63, 3.8) is 0 Å². The van der Waals surface area contributed by atoms with Crippen LogP contribution in [0, 0.1) is 0 Å². The highest BCUT2D eigenvalue weighted by molar-refractivity contribution is 5.72. The molecule has 1 fully saturated rings. The number of aromatic nitrogens is 3. The summed E-state index contributed by atoms with van der Waals surface area (Å²) in [5, 5.41) is 0. The number of hydrogen-bond donors (Lipinski definition) is 0. The van der Waals surface area contributed by atoms with Crippen LogP contribution in [0.1, 0.15) is 12.8 Å². The first-order valence-electron chi connectivity index (χ1n) is 5.83. The van der Waals surface area contributed by atoms with Crippen LogP contribution in [0.15, 0.2) is 23.1 Å². The molecule has 3 rings (SSSR count). The van der Waals surface area contributed by atoms with E-state index in [0.29, 0.717) is 5.65 Å². The van der Waals surface area contributed by atoms with E-state index in [2.05, 4.69) is 14.9 Å². The van der Waals surface area contributed by atoms with Gasteiger partial charge in [0, 0.05) is 20.1 Å². The van der Waals surface area contributed by atoms with Gasteiger partial charge >= 0.3 is 0 Å². The summed E-state index contributed by atoms with van der Waals surface area (Å²) in [6.45, 7) is 2.10. The maximum absolute atomic E-state index is 11.5. The van der Waals surface area contributed by atoms with Crippen molar-refractivity contribution in [1.82, 2.24) is 14.5 Å². The van der Waals surface area contributed by atoms with Gasteiger partial charge in [0.05, 0.1) is 6.20 Å². The molecule has 0 N–H and O–H groups in total. The van der Waals surface area contributed by atoms with E-state index < -0.39 is 0 Å². The molecule has 0 aliphatic carbocycles. The molecule has 2 aromatic rings. The third-order valence-electron chi connectivity index (χ3n) is 3.23. The minimum absolute atomic E-state index is 0.122. The predicted octanol–water partition coefficient (Wildman–Crippen LogP) is 0.929. The molecule has 0 spiro atoms. The first-order chi connectivity index (χ1) is 8.25. The largest absolute Gasteiger partial charge is 0.357 e. The maximum Gasteiger partial charge on any atom is 0.270 e. The maximum atomic E-state index is 11.5. The van der Waals surface area contributed by atoms with Gasteiger partial charge in [0.25, 0.3) is 5.56 Å². The molecule has 0 unspecified atom stereocenters. The molecule has 2 aromatic heterocycles. The number of fused-ring (bicyclic) bond motifs is 1. The van der Waals surface area contributed by atoms with Crippen LogP contribution in [0.25, 0.3) is 11.2 Å². The van der Waals surface area contributed by atoms with Gasteiger partial charge in [-0.05, 0) is 25.0 Å². The zero-order valence-electron chi connectivity index (χ0n) is 9.76. The standard InChI is InChI=1S/C12H14N4O/c1-15-11(17)8-13-9-4-5-10(14-12(9)15)16-6-2-3-7-16/h4-5,8H,2-3,6-7H2,1H3. The second-order valence-corrected chi connectivity index (χ2v) is 4.36. The van der Waals surface area contributed by atoms with Crippen LogP contribution in [-0.2, 0) is 7.05 Å². The Bertz CT molecular complexity index is 613. The molecule has 0 aromatic carbocycles. The van der Waals surface area contributed by atoms with Gasteiger partial charge in [0.1, 0.15) is 11.3 Å². The fourth-order valence-corrected chi connectivity index (χ4v) is 2.22. The van der Waals surface area contributed by atoms with Gasteiger partial charge in [-0.2, -0.15) is 0 Å². The summed E-state index contributed by atoms with van der Waals surface area (Å²) < 4.78 is 1.54. The Hall–Kier alpha value is -1.91. The van der Waals surface area contributed by atoms with Gasteiger partial charge in [-0.15, -0.1) is 0 Å². The Morgan fingerprint density at radius 2 is 2.00 bits per heavy atom. The summed E-state index contributed by atoms with van der Waals surface area (Å²) >= 11 is 0. The topological polar surface area (TPSA) is 51.0 Å². The van der Waals surface area contributed by atoms with E-state index in [4.69, 9.17) is 0 Å². The lowest BCUT2D eigenvalue weighted by Crippen LogP contribution is -2.21. The summed E-state index contributed by atoms with van der Waals surface area (Å²) in [5.41, 5.74) is 1.29. The molecular weight excluding hydrogens is 216 g/mol. The smallest absolute Gasteiger partial charge is 0.270 e. The van der Waals surface area contributed by atoms with Gasteiger partial charge in [-0.25, -0.2) is 9.97 Å². The predicted molar refractivity (Wildman–Crippen MR) is 66.2 cm³/mol. The zero-order chi connectivity index (χ0) is 11.8. The highest BCUT2D eigenvalue weighted by Crippen LogP contribution is 2.19. The Morgan fingerprint density at radius 3 is 2.76 bits per heavy atom. The van der Waals surface area contributed by atoms with Gasteiger partial charge in [0.2, 0.25) is 0 Å². The SMILES string of the molecule is Cn1c(=O)cnc2ccc(N3CCCC3)nc21. The van der Waals surface area contributed by atoms with Crippen LogP contribution in [-0.4, -0.2) is 27.6 Å². The summed E-state index contributed by atoms with van der Waals surface area (Å²) in [4.78, 5) is 22.4. The molecule has 0 saturated carbocycles. The lowest BCUT2D eigenvalue weighted by Gasteiger charge is -2.16. The first kappa shape index (κ1) is 10.3. The quantitative estimate of drug-likeness (QED) is 0.731. The number of nitrogens with zero attached hydrogens (tertiary/aromatic N) is 4. The molecule has 1 saturated heterocycles. The van der Waals surface area contributed by atoms with Crippen molar-refractivity contribution in [3.8, 4) is 0 Å². The van der Waals surface area contributed by atoms with E-state index in [1.54, 1.807) is 11.6 Å². The zero-order valence-corrected chi connectivity index (χ0v) is 9.76. The van der Waals surface area contributed by atoms with E-state index in [1.807, 2.05) is 12.1 Å². The normalized spacial score (nSPS) is 15.7. The molecule has 5 nitrogen and oxygen atoms in total. The Kier molecular flexibility index (Phi) is 2.31. The molecule has 1 aliphatic heterocycles. The van der Waals surface area contributed by atoms with E-state index in [-0.39, 0.29) is 5.56 Å². The van der Waals surface area contributed by atoms with Crippen LogP contribution >= 0.6 is 0 Å². The van der Waals surface area contributed by atoms with Crippen molar-refractivity contribution >= 4 is 17.0 Å². The molecular formula is C12H14N4O. The minimum atomic E-state index is -0.122. The fraction of sp³-hybridized carbons (Fsp3) is 0.417. The molecule has 0 amide bonds. The van der Waals surface area contributed by atoms with E-state index in [9.17, 15) is 4.79 Å². The van der Waals surface area contributed by atoms with E-state index in [1.165, 1.54) is 19.0 Å². The molecule has 0 radical (unpaired) electrons. The summed E-state index contributed by atoms with van der Waals surface area (Å²) in [7, 11) is 1.73. The molecule has 0 bridgehead atoms. The second kappa shape index (κ2) is 3.84. The highest BCUT2D eigenvalue weighted by Gasteiger charge is 2.14. The molecule has 17 heavy (non-hydrogen) atoms. The number of hydrogen-bond acceptors (Lipinski definition) is 4. The number of aryl methyl sites for hydroxylation is 1. The second-order valence-electron chi connectivity index (χ2n) is 4.36. The van der Waals surface area contributed by atoms with E-state index >= 15 is 0 Å². The average Bonchev–Trinajstić information content (AvgIpc) is 2.87. The van der Waals surface area contributed by atoms with Crippen LogP contribution in [0.5, 0.6) is 0 Å². The first-order valence-corrected chi connectivity index (χ1v) is 5.83. The third kappa shape index (κ3) is 1.67. The van der Waals surface area contributed by atoms with Crippen molar-refractivity contribution in [3.05, 3.63) is 28.7 Å². The average molecular weight is 230 g/mol. The fourth-order valence-electron chi connectivity index (χ4n) is 2.22. The van der Waals surface area contributed by atoms with Crippen molar-refractivity contribution in [2.45, 2.75) is 12.8 Å². The molecule has 5 heteroatoms. The van der Waals surface area contributed by atoms with Crippen molar-refractivity contribution < 1.29 is 0 Å². The van der Waals surface area contributed by atoms with Crippen molar-refractivity contribution in [2.75, 3.05) is 18.0 Å². The minimum Gasteiger partial charge on any atom is -0.357 e. The summed E-state index contributed by atoms with van der Waals surface area (Å²) in [5.74, 6) is 0.943. The number of anilines is 1. The Labute approximate surface area is 98.7 Å². The summed E-state index contributed by atoms with van der Waals surface area (Å²) in [6.07, 6.45) is 3.76. The molecule has 3 heterocycles. The highest BCUT2D eigenvalue weighted by atomic mass is 16.1. The van der Waals surface area contributed by atoms with Crippen LogP contribution in [0.3, 0.4) is 0 Å². The lowest BCUT2D eigenvalue weighted by atomic mass is 10.4. The van der Waals surface area contributed by atoms with Gasteiger partial charge in [0.15, 0.2) is 5.65 Å². The van der Waals surface area contributed by atoms with Crippen molar-refractivity contribution in [2.24, 2.45) is 7.05 Å². The van der Waals surface area contributed by atoms with Crippen LogP contribution in [0.4, 0.5) is 5.82 Å². The summed E-state index contributed by atoms with van der Waals surface area (Å²) in [6, 6.07) is 3.90.